The normalized spacial score (nSPS) is 10.6. The molecule has 4 heteroatoms. The molecule has 1 heterocycles. The maximum absolute atomic E-state index is 5.32. The van der Waals surface area contributed by atoms with Gasteiger partial charge in [0.15, 0.2) is 11.5 Å². The van der Waals surface area contributed by atoms with Crippen LogP contribution in [0.15, 0.2) is 36.7 Å². The molecule has 0 amide bonds. The topological polar surface area (TPSA) is 35.4 Å². The number of rotatable bonds is 8. The molecular formula is C17H24N2O2. The van der Waals surface area contributed by atoms with E-state index in [1.165, 1.54) is 11.1 Å². The second kappa shape index (κ2) is 7.74. The lowest BCUT2D eigenvalue weighted by molar-refractivity contribution is 0.354. The Balaban J connectivity index is 1.80. The van der Waals surface area contributed by atoms with Crippen molar-refractivity contribution in [2.45, 2.75) is 26.4 Å². The lowest BCUT2D eigenvalue weighted by Crippen LogP contribution is -2.16. The Morgan fingerprint density at radius 3 is 2.52 bits per heavy atom. The molecule has 1 N–H and O–H groups in total. The molecule has 0 atom stereocenters. The van der Waals surface area contributed by atoms with Crippen LogP contribution in [0.5, 0.6) is 11.5 Å². The van der Waals surface area contributed by atoms with Gasteiger partial charge in [-0.25, -0.2) is 0 Å². The standard InChI is InChI=1S/C17H24N2O2/c1-4-19-10-8-15(13-19)12-18-9-7-14-5-6-16(20-2)17(11-14)21-3/h5-6,8,10-11,13,18H,4,7,9,12H2,1-3H3. The predicted octanol–water partition coefficient (Wildman–Crippen LogP) is 2.86. The molecule has 0 fully saturated rings. The zero-order valence-corrected chi connectivity index (χ0v) is 13.1. The van der Waals surface area contributed by atoms with Gasteiger partial charge in [-0.05, 0) is 49.2 Å². The minimum absolute atomic E-state index is 0.773. The molecule has 0 bridgehead atoms. The number of methoxy groups -OCH3 is 2. The molecular weight excluding hydrogens is 264 g/mol. The van der Waals surface area contributed by atoms with Crippen molar-refractivity contribution in [3.63, 3.8) is 0 Å². The summed E-state index contributed by atoms with van der Waals surface area (Å²) in [6.07, 6.45) is 5.27. The maximum Gasteiger partial charge on any atom is 0.160 e. The molecule has 4 nitrogen and oxygen atoms in total. The zero-order chi connectivity index (χ0) is 15.1. The van der Waals surface area contributed by atoms with Crippen LogP contribution in [0.25, 0.3) is 0 Å². The first kappa shape index (κ1) is 15.4. The summed E-state index contributed by atoms with van der Waals surface area (Å²) < 4.78 is 12.7. The Kier molecular flexibility index (Phi) is 5.69. The summed E-state index contributed by atoms with van der Waals surface area (Å²) >= 11 is 0. The van der Waals surface area contributed by atoms with E-state index in [0.29, 0.717) is 0 Å². The van der Waals surface area contributed by atoms with Crippen molar-refractivity contribution >= 4 is 0 Å². The number of aryl methyl sites for hydroxylation is 1. The number of benzene rings is 1. The van der Waals surface area contributed by atoms with Crippen LogP contribution in [0.4, 0.5) is 0 Å². The summed E-state index contributed by atoms with van der Waals surface area (Å²) in [7, 11) is 3.32. The lowest BCUT2D eigenvalue weighted by atomic mass is 10.1. The Labute approximate surface area is 126 Å². The third-order valence-corrected chi connectivity index (χ3v) is 3.54. The summed E-state index contributed by atoms with van der Waals surface area (Å²) in [6, 6.07) is 8.23. The van der Waals surface area contributed by atoms with Crippen molar-refractivity contribution < 1.29 is 9.47 Å². The fourth-order valence-corrected chi connectivity index (χ4v) is 2.29. The van der Waals surface area contributed by atoms with E-state index in [0.717, 1.165) is 37.6 Å². The van der Waals surface area contributed by atoms with E-state index in [1.807, 2.05) is 12.1 Å². The average molecular weight is 288 g/mol. The van der Waals surface area contributed by atoms with E-state index in [-0.39, 0.29) is 0 Å². The van der Waals surface area contributed by atoms with Gasteiger partial charge in [-0.15, -0.1) is 0 Å². The van der Waals surface area contributed by atoms with E-state index in [4.69, 9.17) is 9.47 Å². The van der Waals surface area contributed by atoms with Gasteiger partial charge < -0.3 is 19.4 Å². The molecule has 0 aliphatic heterocycles. The van der Waals surface area contributed by atoms with Crippen molar-refractivity contribution in [3.8, 4) is 11.5 Å². The number of ether oxygens (including phenoxy) is 2. The summed E-state index contributed by atoms with van der Waals surface area (Å²) in [5.74, 6) is 1.56. The van der Waals surface area contributed by atoms with Gasteiger partial charge in [-0.1, -0.05) is 6.07 Å². The molecule has 0 spiro atoms. The highest BCUT2D eigenvalue weighted by molar-refractivity contribution is 5.42. The van der Waals surface area contributed by atoms with E-state index >= 15 is 0 Å². The average Bonchev–Trinajstić information content (AvgIpc) is 2.99. The highest BCUT2D eigenvalue weighted by Crippen LogP contribution is 2.27. The van der Waals surface area contributed by atoms with Gasteiger partial charge in [0.05, 0.1) is 14.2 Å². The smallest absolute Gasteiger partial charge is 0.160 e. The van der Waals surface area contributed by atoms with Crippen molar-refractivity contribution in [3.05, 3.63) is 47.8 Å². The number of hydrogen-bond acceptors (Lipinski definition) is 3. The Hall–Kier alpha value is -1.94. The second-order valence-corrected chi connectivity index (χ2v) is 4.97. The number of nitrogens with zero attached hydrogens (tertiary/aromatic N) is 1. The molecule has 114 valence electrons. The van der Waals surface area contributed by atoms with Gasteiger partial charge in [-0.2, -0.15) is 0 Å². The quantitative estimate of drug-likeness (QED) is 0.759. The van der Waals surface area contributed by atoms with Crippen molar-refractivity contribution in [2.24, 2.45) is 0 Å². The fraction of sp³-hybridized carbons (Fsp3) is 0.412. The van der Waals surface area contributed by atoms with Gasteiger partial charge in [0.1, 0.15) is 0 Å². The van der Waals surface area contributed by atoms with E-state index in [9.17, 15) is 0 Å². The Morgan fingerprint density at radius 2 is 1.86 bits per heavy atom. The molecule has 0 radical (unpaired) electrons. The predicted molar refractivity (Wildman–Crippen MR) is 85.1 cm³/mol. The third-order valence-electron chi connectivity index (χ3n) is 3.54. The van der Waals surface area contributed by atoms with Gasteiger partial charge >= 0.3 is 0 Å². The minimum atomic E-state index is 0.773. The van der Waals surface area contributed by atoms with Crippen LogP contribution in [0.3, 0.4) is 0 Å². The van der Waals surface area contributed by atoms with Gasteiger partial charge in [-0.3, -0.25) is 0 Å². The molecule has 21 heavy (non-hydrogen) atoms. The molecule has 0 aliphatic carbocycles. The molecule has 0 saturated heterocycles. The first-order valence-electron chi connectivity index (χ1n) is 7.33. The highest BCUT2D eigenvalue weighted by Gasteiger charge is 2.04. The molecule has 1 aromatic heterocycles. The number of nitrogens with one attached hydrogen (secondary N) is 1. The van der Waals surface area contributed by atoms with Crippen LogP contribution in [-0.2, 0) is 19.5 Å². The lowest BCUT2D eigenvalue weighted by Gasteiger charge is -2.10. The summed E-state index contributed by atoms with van der Waals surface area (Å²) in [4.78, 5) is 0. The first-order valence-corrected chi connectivity index (χ1v) is 7.33. The van der Waals surface area contributed by atoms with Gasteiger partial charge in [0.2, 0.25) is 0 Å². The summed E-state index contributed by atoms with van der Waals surface area (Å²) in [6.45, 7) is 5.01. The fourth-order valence-electron chi connectivity index (χ4n) is 2.29. The Morgan fingerprint density at radius 1 is 1.05 bits per heavy atom. The Bertz CT molecular complexity index is 564. The van der Waals surface area contributed by atoms with Gasteiger partial charge in [0, 0.05) is 25.5 Å². The van der Waals surface area contributed by atoms with E-state index < -0.39 is 0 Å². The van der Waals surface area contributed by atoms with Crippen LogP contribution in [-0.4, -0.2) is 25.3 Å². The largest absolute Gasteiger partial charge is 0.493 e. The summed E-state index contributed by atoms with van der Waals surface area (Å²) in [5.41, 5.74) is 2.57. The summed E-state index contributed by atoms with van der Waals surface area (Å²) in [5, 5.41) is 3.47. The van der Waals surface area contributed by atoms with E-state index in [2.05, 4.69) is 41.3 Å². The number of aromatic nitrogens is 1. The number of hydrogen-bond donors (Lipinski definition) is 1. The molecule has 0 saturated carbocycles. The molecule has 0 unspecified atom stereocenters. The molecule has 2 aromatic rings. The minimum Gasteiger partial charge on any atom is -0.493 e. The SMILES string of the molecule is CCn1ccc(CNCCc2ccc(OC)c(OC)c2)c1. The van der Waals surface area contributed by atoms with Crippen molar-refractivity contribution in [2.75, 3.05) is 20.8 Å². The van der Waals surface area contributed by atoms with Crippen molar-refractivity contribution in [1.29, 1.82) is 0 Å². The molecule has 1 aromatic carbocycles. The first-order chi connectivity index (χ1) is 10.3. The zero-order valence-electron chi connectivity index (χ0n) is 13.1. The van der Waals surface area contributed by atoms with Crippen LogP contribution in [0.1, 0.15) is 18.1 Å². The monoisotopic (exact) mass is 288 g/mol. The maximum atomic E-state index is 5.32. The van der Waals surface area contributed by atoms with Crippen LogP contribution < -0.4 is 14.8 Å². The van der Waals surface area contributed by atoms with Crippen molar-refractivity contribution in [1.82, 2.24) is 9.88 Å². The van der Waals surface area contributed by atoms with E-state index in [1.54, 1.807) is 14.2 Å². The van der Waals surface area contributed by atoms with Crippen LogP contribution in [0.2, 0.25) is 0 Å². The van der Waals surface area contributed by atoms with Crippen LogP contribution >= 0.6 is 0 Å². The third kappa shape index (κ3) is 4.26. The molecule has 2 rings (SSSR count). The second-order valence-electron chi connectivity index (χ2n) is 4.97. The van der Waals surface area contributed by atoms with Gasteiger partial charge in [0.25, 0.3) is 0 Å². The highest BCUT2D eigenvalue weighted by atomic mass is 16.5. The molecule has 0 aliphatic rings. The van der Waals surface area contributed by atoms with Crippen LogP contribution in [0, 0.1) is 0 Å².